The quantitative estimate of drug-likeness (QED) is 0.294. The molecular formula is C24H32N4O2S2. The highest BCUT2D eigenvalue weighted by Gasteiger charge is 2.33. The van der Waals surface area contributed by atoms with Gasteiger partial charge in [0.15, 0.2) is 0 Å². The number of nitrogens with zero attached hydrogens (tertiary/aromatic N) is 4. The molecule has 2 aliphatic heterocycles. The molecule has 0 N–H and O–H groups in total. The van der Waals surface area contributed by atoms with Crippen LogP contribution in [0.1, 0.15) is 75.0 Å². The van der Waals surface area contributed by atoms with Crippen LogP contribution in [0.2, 0.25) is 0 Å². The lowest BCUT2D eigenvalue weighted by Crippen LogP contribution is -2.31. The van der Waals surface area contributed by atoms with Gasteiger partial charge >= 0.3 is 0 Å². The van der Waals surface area contributed by atoms with Gasteiger partial charge < -0.3 is 4.90 Å². The first-order valence-corrected chi connectivity index (χ1v) is 12.8. The Morgan fingerprint density at radius 2 is 1.78 bits per heavy atom. The van der Waals surface area contributed by atoms with E-state index < -0.39 is 0 Å². The Morgan fingerprint density at radius 1 is 1.12 bits per heavy atom. The number of unbranched alkanes of at least 4 members (excludes halogenated alkanes) is 5. The highest BCUT2D eigenvalue weighted by molar-refractivity contribution is 8.26. The van der Waals surface area contributed by atoms with Crippen LogP contribution < -0.4 is 10.5 Å². The Bertz CT molecular complexity index is 1020. The standard InChI is InChI=1S/C24H32N4O2S2/c1-4-5-6-7-8-9-14-28-23(30)20(32-24(28)31)15-18-17(2)19(16-25)22(29)26(3)21(18)27-12-10-11-13-27/h15H,4-14H2,1-3H3. The number of rotatable bonds is 9. The summed E-state index contributed by atoms with van der Waals surface area (Å²) in [5, 5.41) is 9.58. The first-order valence-electron chi connectivity index (χ1n) is 11.5. The topological polar surface area (TPSA) is 69.3 Å². The summed E-state index contributed by atoms with van der Waals surface area (Å²) in [6.45, 7) is 6.36. The first-order chi connectivity index (χ1) is 15.4. The van der Waals surface area contributed by atoms with E-state index in [1.54, 1.807) is 23.4 Å². The van der Waals surface area contributed by atoms with Gasteiger partial charge in [-0.05, 0) is 37.8 Å². The zero-order chi connectivity index (χ0) is 23.3. The van der Waals surface area contributed by atoms with Gasteiger partial charge in [-0.3, -0.25) is 19.1 Å². The van der Waals surface area contributed by atoms with E-state index in [9.17, 15) is 14.9 Å². The molecule has 8 heteroatoms. The van der Waals surface area contributed by atoms with Crippen LogP contribution in [0.5, 0.6) is 0 Å². The Hall–Kier alpha value is -2.11. The van der Waals surface area contributed by atoms with Crippen molar-refractivity contribution in [1.29, 1.82) is 5.26 Å². The third kappa shape index (κ3) is 5.10. The molecule has 32 heavy (non-hydrogen) atoms. The van der Waals surface area contributed by atoms with Crippen molar-refractivity contribution < 1.29 is 4.79 Å². The minimum absolute atomic E-state index is 0.0762. The molecule has 1 aromatic rings. The zero-order valence-corrected chi connectivity index (χ0v) is 20.9. The predicted molar refractivity (Wildman–Crippen MR) is 136 cm³/mol. The molecule has 1 amide bonds. The fourth-order valence-electron chi connectivity index (χ4n) is 4.40. The number of hydrogen-bond donors (Lipinski definition) is 0. The minimum atomic E-state index is -0.292. The lowest BCUT2D eigenvalue weighted by Gasteiger charge is -2.25. The van der Waals surface area contributed by atoms with Gasteiger partial charge in [0.2, 0.25) is 0 Å². The number of amides is 1. The molecule has 2 fully saturated rings. The number of anilines is 1. The SMILES string of the molecule is CCCCCCCCN1C(=O)C(=Cc2c(C)c(C#N)c(=O)n(C)c2N2CCCC2)SC1=S. The molecule has 0 aliphatic carbocycles. The van der Waals surface area contributed by atoms with Gasteiger partial charge in [-0.15, -0.1) is 0 Å². The number of hydrogen-bond acceptors (Lipinski definition) is 6. The average Bonchev–Trinajstić information content (AvgIpc) is 3.39. The van der Waals surface area contributed by atoms with E-state index >= 15 is 0 Å². The maximum atomic E-state index is 13.1. The van der Waals surface area contributed by atoms with E-state index in [1.807, 2.05) is 6.08 Å². The second-order valence-electron chi connectivity index (χ2n) is 8.51. The van der Waals surface area contributed by atoms with E-state index in [0.29, 0.717) is 21.3 Å². The van der Waals surface area contributed by atoms with E-state index in [0.717, 1.165) is 50.2 Å². The van der Waals surface area contributed by atoms with Crippen molar-refractivity contribution in [3.05, 3.63) is 31.9 Å². The lowest BCUT2D eigenvalue weighted by molar-refractivity contribution is -0.122. The maximum absolute atomic E-state index is 13.1. The number of thioether (sulfide) groups is 1. The molecule has 0 radical (unpaired) electrons. The van der Waals surface area contributed by atoms with Gasteiger partial charge in [-0.2, -0.15) is 5.26 Å². The van der Waals surface area contributed by atoms with Crippen LogP contribution in [0.3, 0.4) is 0 Å². The molecule has 0 bridgehead atoms. The average molecular weight is 473 g/mol. The summed E-state index contributed by atoms with van der Waals surface area (Å²) in [5.74, 6) is 0.706. The number of carbonyl (C=O) groups excluding carboxylic acids is 1. The van der Waals surface area contributed by atoms with Crippen LogP contribution >= 0.6 is 24.0 Å². The van der Waals surface area contributed by atoms with Gasteiger partial charge in [0.1, 0.15) is 21.8 Å². The van der Waals surface area contributed by atoms with Gasteiger partial charge in [-0.1, -0.05) is 63.0 Å². The largest absolute Gasteiger partial charge is 0.357 e. The lowest BCUT2D eigenvalue weighted by atomic mass is 10.0. The molecule has 0 atom stereocenters. The van der Waals surface area contributed by atoms with Crippen LogP contribution in [0.4, 0.5) is 5.82 Å². The van der Waals surface area contributed by atoms with Crippen molar-refractivity contribution in [3.63, 3.8) is 0 Å². The van der Waals surface area contributed by atoms with E-state index in [1.165, 1.54) is 37.4 Å². The van der Waals surface area contributed by atoms with Crippen molar-refractivity contribution in [2.75, 3.05) is 24.5 Å². The Kier molecular flexibility index (Phi) is 8.55. The van der Waals surface area contributed by atoms with Crippen molar-refractivity contribution in [1.82, 2.24) is 9.47 Å². The van der Waals surface area contributed by atoms with Gasteiger partial charge in [0, 0.05) is 32.2 Å². The summed E-state index contributed by atoms with van der Waals surface area (Å²) in [5.41, 5.74) is 1.23. The summed E-state index contributed by atoms with van der Waals surface area (Å²) in [7, 11) is 1.71. The molecule has 6 nitrogen and oxygen atoms in total. The number of nitriles is 1. The third-order valence-corrected chi connectivity index (χ3v) is 7.64. The first kappa shape index (κ1) is 24.5. The molecule has 0 spiro atoms. The van der Waals surface area contributed by atoms with Gasteiger partial charge in [0.05, 0.1) is 4.91 Å². The molecule has 172 valence electrons. The molecule has 1 aromatic heterocycles. The highest BCUT2D eigenvalue weighted by atomic mass is 32.2. The number of aromatic nitrogens is 1. The second kappa shape index (κ2) is 11.2. The smallest absolute Gasteiger partial charge is 0.270 e. The second-order valence-corrected chi connectivity index (χ2v) is 10.2. The Balaban J connectivity index is 1.88. The molecule has 3 rings (SSSR count). The van der Waals surface area contributed by atoms with Crippen molar-refractivity contribution >= 4 is 46.1 Å². The predicted octanol–water partition coefficient (Wildman–Crippen LogP) is 4.73. The van der Waals surface area contributed by atoms with Crippen LogP contribution in [0, 0.1) is 18.3 Å². The summed E-state index contributed by atoms with van der Waals surface area (Å²) in [6.07, 6.45) is 10.9. The van der Waals surface area contributed by atoms with Gasteiger partial charge in [0.25, 0.3) is 11.5 Å². The third-order valence-electron chi connectivity index (χ3n) is 6.26. The maximum Gasteiger partial charge on any atom is 0.270 e. The van der Waals surface area contributed by atoms with E-state index in [-0.39, 0.29) is 17.0 Å². The fraction of sp³-hybridized carbons (Fsp3) is 0.583. The summed E-state index contributed by atoms with van der Waals surface area (Å²) in [4.78, 5) is 30.3. The molecule has 2 aliphatic rings. The highest BCUT2D eigenvalue weighted by Crippen LogP contribution is 2.36. The molecule has 0 aromatic carbocycles. The normalized spacial score (nSPS) is 17.6. The van der Waals surface area contributed by atoms with Crippen LogP contribution in [-0.2, 0) is 11.8 Å². The fourth-order valence-corrected chi connectivity index (χ4v) is 5.69. The number of thiocarbonyl (C=S) groups is 1. The summed E-state index contributed by atoms with van der Waals surface area (Å²) >= 11 is 6.82. The number of carbonyl (C=O) groups is 1. The Labute approximate surface area is 200 Å². The van der Waals surface area contributed by atoms with Crippen molar-refractivity contribution in [3.8, 4) is 6.07 Å². The zero-order valence-electron chi connectivity index (χ0n) is 19.3. The van der Waals surface area contributed by atoms with Crippen molar-refractivity contribution in [2.45, 2.75) is 65.2 Å². The number of pyridine rings is 1. The van der Waals surface area contributed by atoms with E-state index in [4.69, 9.17) is 12.2 Å². The molecule has 0 saturated carbocycles. The minimum Gasteiger partial charge on any atom is -0.357 e. The Morgan fingerprint density at radius 3 is 2.44 bits per heavy atom. The molecule has 0 unspecified atom stereocenters. The van der Waals surface area contributed by atoms with Crippen molar-refractivity contribution in [2.24, 2.45) is 7.05 Å². The molecule has 2 saturated heterocycles. The molecular weight excluding hydrogens is 440 g/mol. The van der Waals surface area contributed by atoms with Crippen LogP contribution in [-0.4, -0.2) is 39.3 Å². The van der Waals surface area contributed by atoms with Gasteiger partial charge in [-0.25, -0.2) is 0 Å². The van der Waals surface area contributed by atoms with Crippen LogP contribution in [0.15, 0.2) is 9.70 Å². The molecule has 3 heterocycles. The summed E-state index contributed by atoms with van der Waals surface area (Å²) in [6, 6.07) is 2.06. The summed E-state index contributed by atoms with van der Waals surface area (Å²) < 4.78 is 2.14. The van der Waals surface area contributed by atoms with Crippen LogP contribution in [0.25, 0.3) is 6.08 Å². The monoisotopic (exact) mass is 472 g/mol. The van der Waals surface area contributed by atoms with E-state index in [2.05, 4.69) is 17.9 Å².